The Bertz CT molecular complexity index is 734. The number of rotatable bonds is 5. The smallest absolute Gasteiger partial charge is 0.287 e. The number of nitrogens with one attached hydrogen (secondary N) is 2. The van der Waals surface area contributed by atoms with Gasteiger partial charge in [-0.25, -0.2) is 0 Å². The topological polar surface area (TPSA) is 76.7 Å². The van der Waals surface area contributed by atoms with E-state index in [-0.39, 0.29) is 11.6 Å². The van der Waals surface area contributed by atoms with Crippen molar-refractivity contribution < 1.29 is 14.6 Å². The van der Waals surface area contributed by atoms with Crippen LogP contribution >= 0.6 is 0 Å². The number of non-ortho nitro benzene ring substituents is 1. The van der Waals surface area contributed by atoms with Gasteiger partial charge in [-0.05, 0) is 37.1 Å². The van der Waals surface area contributed by atoms with E-state index in [1.165, 1.54) is 12.1 Å². The van der Waals surface area contributed by atoms with Crippen molar-refractivity contribution in [2.24, 2.45) is 0 Å². The molecule has 1 atom stereocenters. The zero-order chi connectivity index (χ0) is 17.9. The van der Waals surface area contributed by atoms with Crippen molar-refractivity contribution in [1.82, 2.24) is 0 Å². The van der Waals surface area contributed by atoms with Crippen molar-refractivity contribution in [1.29, 1.82) is 0 Å². The lowest BCUT2D eigenvalue weighted by Crippen LogP contribution is -3.07. The molecule has 0 radical (unpaired) electrons. The van der Waals surface area contributed by atoms with Crippen molar-refractivity contribution in [2.75, 3.05) is 19.4 Å². The minimum Gasteiger partial charge on any atom is -0.326 e. The quantitative estimate of drug-likeness (QED) is 0.651. The van der Waals surface area contributed by atoms with Gasteiger partial charge < -0.3 is 10.2 Å². The maximum Gasteiger partial charge on any atom is 0.287 e. The molecule has 0 saturated carbocycles. The van der Waals surface area contributed by atoms with Crippen molar-refractivity contribution in [2.45, 2.75) is 19.9 Å². The molecule has 0 fully saturated rings. The number of anilines is 1. The highest BCUT2D eigenvalue weighted by atomic mass is 16.6. The molecule has 0 unspecified atom stereocenters. The molecular formula is C18H22N3O3+. The van der Waals surface area contributed by atoms with Gasteiger partial charge in [-0.15, -0.1) is 0 Å². The summed E-state index contributed by atoms with van der Waals surface area (Å²) in [6.07, 6.45) is 0. The average molecular weight is 328 g/mol. The molecule has 1 amide bonds. The van der Waals surface area contributed by atoms with Crippen LogP contribution in [0.3, 0.4) is 0 Å². The number of nitro benzene ring substituents is 1. The molecule has 126 valence electrons. The van der Waals surface area contributed by atoms with Gasteiger partial charge >= 0.3 is 0 Å². The SMILES string of the molecule is Cc1cccc(C)c1NC(=O)[C@@H](c1ccc([N+](=O)[O-])cc1)[NH+](C)C. The third-order valence-corrected chi connectivity index (χ3v) is 4.01. The fourth-order valence-corrected chi connectivity index (χ4v) is 2.74. The van der Waals surface area contributed by atoms with Gasteiger partial charge in [0.2, 0.25) is 0 Å². The Morgan fingerprint density at radius 2 is 1.62 bits per heavy atom. The molecule has 2 N–H and O–H groups in total. The van der Waals surface area contributed by atoms with Gasteiger partial charge in [-0.1, -0.05) is 18.2 Å². The van der Waals surface area contributed by atoms with Gasteiger partial charge in [0.1, 0.15) is 0 Å². The molecule has 6 heteroatoms. The Balaban J connectivity index is 2.30. The molecule has 0 aromatic heterocycles. The number of para-hydroxylation sites is 1. The van der Waals surface area contributed by atoms with E-state index in [1.807, 2.05) is 46.1 Å². The number of carbonyl (C=O) groups is 1. The van der Waals surface area contributed by atoms with Crippen LogP contribution in [-0.2, 0) is 4.79 Å². The first-order chi connectivity index (χ1) is 11.3. The molecule has 0 aliphatic carbocycles. The molecule has 0 aliphatic rings. The van der Waals surface area contributed by atoms with Gasteiger partial charge in [-0.2, -0.15) is 0 Å². The lowest BCUT2D eigenvalue weighted by atomic mass is 10.0. The van der Waals surface area contributed by atoms with Crippen LogP contribution in [0.15, 0.2) is 42.5 Å². The van der Waals surface area contributed by atoms with Crippen molar-refractivity contribution in [3.8, 4) is 0 Å². The van der Waals surface area contributed by atoms with Crippen LogP contribution < -0.4 is 10.2 Å². The number of hydrogen-bond acceptors (Lipinski definition) is 3. The number of quaternary nitrogens is 1. The second-order valence-corrected chi connectivity index (χ2v) is 6.12. The number of nitro groups is 1. The maximum atomic E-state index is 12.8. The molecule has 2 aromatic carbocycles. The lowest BCUT2D eigenvalue weighted by molar-refractivity contribution is -0.881. The van der Waals surface area contributed by atoms with E-state index < -0.39 is 11.0 Å². The maximum absolute atomic E-state index is 12.8. The normalized spacial score (nSPS) is 12.0. The average Bonchev–Trinajstić information content (AvgIpc) is 2.51. The number of likely N-dealkylation sites (N-methyl/N-ethyl adjacent to an activating group) is 1. The first-order valence-electron chi connectivity index (χ1n) is 7.72. The second kappa shape index (κ2) is 7.23. The monoisotopic (exact) mass is 328 g/mol. The lowest BCUT2D eigenvalue weighted by Gasteiger charge is -2.22. The largest absolute Gasteiger partial charge is 0.326 e. The van der Waals surface area contributed by atoms with E-state index in [4.69, 9.17) is 0 Å². The molecule has 24 heavy (non-hydrogen) atoms. The van der Waals surface area contributed by atoms with Gasteiger partial charge in [0, 0.05) is 23.4 Å². The first-order valence-corrected chi connectivity index (χ1v) is 7.72. The highest BCUT2D eigenvalue weighted by Gasteiger charge is 2.28. The van der Waals surface area contributed by atoms with Crippen LogP contribution in [-0.4, -0.2) is 24.9 Å². The highest BCUT2D eigenvalue weighted by molar-refractivity contribution is 5.95. The predicted octanol–water partition coefficient (Wildman–Crippen LogP) is 2.04. The zero-order valence-corrected chi connectivity index (χ0v) is 14.3. The van der Waals surface area contributed by atoms with E-state index in [0.717, 1.165) is 27.3 Å². The number of amides is 1. The summed E-state index contributed by atoms with van der Waals surface area (Å²) in [6, 6.07) is 11.5. The van der Waals surface area contributed by atoms with Crippen LogP contribution in [0.4, 0.5) is 11.4 Å². The molecule has 0 bridgehead atoms. The zero-order valence-electron chi connectivity index (χ0n) is 14.3. The summed E-state index contributed by atoms with van der Waals surface area (Å²) in [5.41, 5.74) is 3.57. The summed E-state index contributed by atoms with van der Waals surface area (Å²) in [7, 11) is 3.77. The molecule has 2 aromatic rings. The van der Waals surface area contributed by atoms with E-state index in [2.05, 4.69) is 5.32 Å². The van der Waals surface area contributed by atoms with E-state index >= 15 is 0 Å². The van der Waals surface area contributed by atoms with Crippen LogP contribution in [0.5, 0.6) is 0 Å². The van der Waals surface area contributed by atoms with Crippen LogP contribution in [0.25, 0.3) is 0 Å². The fourth-order valence-electron chi connectivity index (χ4n) is 2.74. The Hall–Kier alpha value is -2.73. The van der Waals surface area contributed by atoms with Gasteiger partial charge in [-0.3, -0.25) is 14.9 Å². The van der Waals surface area contributed by atoms with Crippen molar-refractivity contribution in [3.63, 3.8) is 0 Å². The molecule has 2 rings (SSSR count). The van der Waals surface area contributed by atoms with E-state index in [0.29, 0.717) is 0 Å². The van der Waals surface area contributed by atoms with Gasteiger partial charge in [0.25, 0.3) is 11.6 Å². The summed E-state index contributed by atoms with van der Waals surface area (Å²) in [5, 5.41) is 13.8. The fraction of sp³-hybridized carbons (Fsp3) is 0.278. The highest BCUT2D eigenvalue weighted by Crippen LogP contribution is 2.22. The summed E-state index contributed by atoms with van der Waals surface area (Å²) in [5.74, 6) is -0.138. The number of carbonyl (C=O) groups excluding carboxylic acids is 1. The van der Waals surface area contributed by atoms with Crippen molar-refractivity contribution in [3.05, 3.63) is 69.3 Å². The van der Waals surface area contributed by atoms with Gasteiger partial charge in [0.05, 0.1) is 19.0 Å². The van der Waals surface area contributed by atoms with Crippen molar-refractivity contribution >= 4 is 17.3 Å². The van der Waals surface area contributed by atoms with Gasteiger partial charge in [0.15, 0.2) is 6.04 Å². The number of nitrogens with zero attached hydrogens (tertiary/aromatic N) is 1. The molecular weight excluding hydrogens is 306 g/mol. The Morgan fingerprint density at radius 1 is 1.08 bits per heavy atom. The molecule has 0 heterocycles. The third-order valence-electron chi connectivity index (χ3n) is 4.01. The minimum atomic E-state index is -0.454. The second-order valence-electron chi connectivity index (χ2n) is 6.12. The molecule has 0 aliphatic heterocycles. The number of hydrogen-bond donors (Lipinski definition) is 2. The Kier molecular flexibility index (Phi) is 5.31. The van der Waals surface area contributed by atoms with Crippen LogP contribution in [0.1, 0.15) is 22.7 Å². The van der Waals surface area contributed by atoms with Crippen LogP contribution in [0.2, 0.25) is 0 Å². The summed E-state index contributed by atoms with van der Waals surface area (Å²) < 4.78 is 0. The summed E-state index contributed by atoms with van der Waals surface area (Å²) in [4.78, 5) is 24.1. The third kappa shape index (κ3) is 3.78. The summed E-state index contributed by atoms with van der Waals surface area (Å²) in [6.45, 7) is 3.90. The van der Waals surface area contributed by atoms with E-state index in [9.17, 15) is 14.9 Å². The Labute approximate surface area is 141 Å². The van der Waals surface area contributed by atoms with E-state index in [1.54, 1.807) is 12.1 Å². The summed E-state index contributed by atoms with van der Waals surface area (Å²) >= 11 is 0. The predicted molar refractivity (Wildman–Crippen MR) is 93.2 cm³/mol. The Morgan fingerprint density at radius 3 is 2.08 bits per heavy atom. The number of aryl methyl sites for hydroxylation is 2. The molecule has 0 saturated heterocycles. The molecule has 6 nitrogen and oxygen atoms in total. The first kappa shape index (κ1) is 17.6. The minimum absolute atomic E-state index is 0.0152. The molecule has 0 spiro atoms. The van der Waals surface area contributed by atoms with Crippen LogP contribution in [0, 0.1) is 24.0 Å². The number of benzene rings is 2. The standard InChI is InChI=1S/C18H21N3O3/c1-12-6-5-7-13(2)16(12)19-18(22)17(20(3)4)14-8-10-15(11-9-14)21(23)24/h5-11,17H,1-4H3,(H,19,22)/p+1/t17-/m1/s1.